The number of carbonyl (C=O) groups is 1. The number of aromatic nitrogens is 3. The van der Waals surface area contributed by atoms with Crippen molar-refractivity contribution in [3.63, 3.8) is 0 Å². The van der Waals surface area contributed by atoms with Gasteiger partial charge in [0.1, 0.15) is 6.54 Å². The smallest absolute Gasteiger partial charge is 0.327 e. The highest BCUT2D eigenvalue weighted by Gasteiger charge is 2.19. The van der Waals surface area contributed by atoms with Crippen LogP contribution in [0.5, 0.6) is 0 Å². The van der Waals surface area contributed by atoms with Crippen molar-refractivity contribution < 1.29 is 9.53 Å². The van der Waals surface area contributed by atoms with Crippen molar-refractivity contribution >= 4 is 21.9 Å². The molecule has 5 nitrogen and oxygen atoms in total. The zero-order chi connectivity index (χ0) is 18.0. The molecule has 6 heteroatoms. The molecule has 3 rings (SSSR count). The minimum Gasteiger partial charge on any atom is -0.465 e. The summed E-state index contributed by atoms with van der Waals surface area (Å²) in [7, 11) is 0. The molecule has 2 aromatic heterocycles. The Morgan fingerprint density at radius 3 is 2.72 bits per heavy atom. The van der Waals surface area contributed by atoms with Gasteiger partial charge in [-0.2, -0.15) is 5.10 Å². The minimum absolute atomic E-state index is 0.0778. The van der Waals surface area contributed by atoms with Gasteiger partial charge >= 0.3 is 5.97 Å². The van der Waals surface area contributed by atoms with Crippen molar-refractivity contribution in [2.24, 2.45) is 0 Å². The van der Waals surface area contributed by atoms with Crippen molar-refractivity contribution in [1.82, 2.24) is 14.8 Å². The molecule has 2 heterocycles. The lowest BCUT2D eigenvalue weighted by molar-refractivity contribution is -0.144. The Bertz CT molecular complexity index is 911. The van der Waals surface area contributed by atoms with Gasteiger partial charge in [-0.1, -0.05) is 23.8 Å². The summed E-state index contributed by atoms with van der Waals surface area (Å²) in [6.45, 7) is 6.20. The predicted molar refractivity (Wildman–Crippen MR) is 101 cm³/mol. The molecule has 0 bridgehead atoms. The van der Waals surface area contributed by atoms with Gasteiger partial charge in [-0.05, 0) is 60.5 Å². The maximum atomic E-state index is 11.9. The summed E-state index contributed by atoms with van der Waals surface area (Å²) in [5.41, 5.74) is 5.91. The van der Waals surface area contributed by atoms with Crippen molar-refractivity contribution in [3.05, 3.63) is 52.1 Å². The lowest BCUT2D eigenvalue weighted by atomic mass is 10.1. The normalized spacial score (nSPS) is 10.9. The van der Waals surface area contributed by atoms with Crippen molar-refractivity contribution in [2.75, 3.05) is 6.61 Å². The van der Waals surface area contributed by atoms with Crippen LogP contribution in [0, 0.1) is 13.8 Å². The number of aromatic amines is 1. The lowest BCUT2D eigenvalue weighted by Gasteiger charge is -2.07. The number of halogens is 1. The second-order valence-corrected chi connectivity index (χ2v) is 6.66. The van der Waals surface area contributed by atoms with E-state index in [9.17, 15) is 4.79 Å². The number of aryl methyl sites for hydroxylation is 2. The summed E-state index contributed by atoms with van der Waals surface area (Å²) in [5, 5.41) is 4.45. The highest BCUT2D eigenvalue weighted by molar-refractivity contribution is 9.10. The van der Waals surface area contributed by atoms with E-state index < -0.39 is 0 Å². The number of carbonyl (C=O) groups excluding carboxylic acids is 1. The molecule has 1 aromatic carbocycles. The fourth-order valence-corrected chi connectivity index (χ4v) is 3.27. The number of rotatable bonds is 5. The van der Waals surface area contributed by atoms with Crippen LogP contribution in [0.1, 0.15) is 18.2 Å². The zero-order valence-corrected chi connectivity index (χ0v) is 16.1. The summed E-state index contributed by atoms with van der Waals surface area (Å²) < 4.78 is 7.59. The minimum atomic E-state index is -0.302. The topological polar surface area (TPSA) is 59.9 Å². The molecule has 0 amide bonds. The zero-order valence-electron chi connectivity index (χ0n) is 14.5. The lowest BCUT2D eigenvalue weighted by Crippen LogP contribution is -2.15. The quantitative estimate of drug-likeness (QED) is 0.640. The van der Waals surface area contributed by atoms with Crippen LogP contribution >= 0.6 is 15.9 Å². The Morgan fingerprint density at radius 1 is 1.24 bits per heavy atom. The third-order valence-corrected chi connectivity index (χ3v) is 4.86. The molecule has 0 spiro atoms. The van der Waals surface area contributed by atoms with Gasteiger partial charge < -0.3 is 9.72 Å². The number of nitrogens with zero attached hydrogens (tertiary/aromatic N) is 2. The molecule has 0 saturated carbocycles. The maximum absolute atomic E-state index is 11.9. The van der Waals surface area contributed by atoms with Gasteiger partial charge in [0, 0.05) is 5.69 Å². The highest BCUT2D eigenvalue weighted by atomic mass is 79.9. The van der Waals surface area contributed by atoms with E-state index in [1.807, 2.05) is 25.1 Å². The van der Waals surface area contributed by atoms with E-state index in [1.165, 1.54) is 5.56 Å². The van der Waals surface area contributed by atoms with E-state index in [0.29, 0.717) is 6.61 Å². The van der Waals surface area contributed by atoms with Gasteiger partial charge in [-0.25, -0.2) is 0 Å². The first-order valence-electron chi connectivity index (χ1n) is 8.14. The van der Waals surface area contributed by atoms with E-state index in [-0.39, 0.29) is 12.5 Å². The van der Waals surface area contributed by atoms with Gasteiger partial charge in [0.15, 0.2) is 0 Å². The Labute approximate surface area is 155 Å². The third-order valence-electron chi connectivity index (χ3n) is 3.91. The molecule has 1 N–H and O–H groups in total. The fourth-order valence-electron chi connectivity index (χ4n) is 2.77. The van der Waals surface area contributed by atoms with Crippen LogP contribution in [-0.2, 0) is 16.1 Å². The fraction of sp³-hybridized carbons (Fsp3) is 0.263. The standard InChI is InChI=1S/C19H20BrN3O2/c1-4-25-17(24)11-23-19(18(20)13(3)22-23)16-9-8-15(21-16)14-7-5-6-12(2)10-14/h5-10,21H,4,11H2,1-3H3. The Morgan fingerprint density at radius 2 is 2.00 bits per heavy atom. The van der Waals surface area contributed by atoms with Crippen LogP contribution in [0.3, 0.4) is 0 Å². The molecular formula is C19H20BrN3O2. The summed E-state index contributed by atoms with van der Waals surface area (Å²) >= 11 is 3.59. The number of hydrogen-bond donors (Lipinski definition) is 1. The molecule has 25 heavy (non-hydrogen) atoms. The molecule has 0 saturated heterocycles. The number of esters is 1. The molecule has 3 aromatic rings. The Hall–Kier alpha value is -2.34. The van der Waals surface area contributed by atoms with E-state index in [4.69, 9.17) is 4.74 Å². The summed E-state index contributed by atoms with van der Waals surface area (Å²) in [4.78, 5) is 15.3. The van der Waals surface area contributed by atoms with Crippen LogP contribution < -0.4 is 0 Å². The van der Waals surface area contributed by atoms with E-state index in [1.54, 1.807) is 11.6 Å². The second kappa shape index (κ2) is 7.27. The average molecular weight is 402 g/mol. The molecule has 0 atom stereocenters. The van der Waals surface area contributed by atoms with Crippen LogP contribution in [0.4, 0.5) is 0 Å². The number of benzene rings is 1. The highest BCUT2D eigenvalue weighted by Crippen LogP contribution is 2.32. The SMILES string of the molecule is CCOC(=O)Cn1nc(C)c(Br)c1-c1ccc(-c2cccc(C)c2)[nH]1. The summed E-state index contributed by atoms with van der Waals surface area (Å²) in [5.74, 6) is -0.302. The van der Waals surface area contributed by atoms with E-state index >= 15 is 0 Å². The number of hydrogen-bond acceptors (Lipinski definition) is 3. The summed E-state index contributed by atoms with van der Waals surface area (Å²) in [6.07, 6.45) is 0. The molecule has 0 aliphatic carbocycles. The second-order valence-electron chi connectivity index (χ2n) is 5.87. The Kier molecular flexibility index (Phi) is 5.08. The predicted octanol–water partition coefficient (Wildman–Crippen LogP) is 4.49. The Balaban J connectivity index is 1.98. The number of ether oxygens (including phenoxy) is 1. The largest absolute Gasteiger partial charge is 0.465 e. The van der Waals surface area contributed by atoms with Crippen LogP contribution in [0.2, 0.25) is 0 Å². The average Bonchev–Trinajstić information content (AvgIpc) is 3.13. The van der Waals surface area contributed by atoms with Gasteiger partial charge in [0.05, 0.1) is 28.2 Å². The molecule has 0 fully saturated rings. The number of H-pyrrole nitrogens is 1. The van der Waals surface area contributed by atoms with Crippen LogP contribution in [-0.4, -0.2) is 27.3 Å². The first-order chi connectivity index (χ1) is 12.0. The van der Waals surface area contributed by atoms with Crippen molar-refractivity contribution in [1.29, 1.82) is 0 Å². The molecular weight excluding hydrogens is 382 g/mol. The number of nitrogens with one attached hydrogen (secondary N) is 1. The van der Waals surface area contributed by atoms with Crippen LogP contribution in [0.25, 0.3) is 22.6 Å². The van der Waals surface area contributed by atoms with E-state index in [0.717, 1.165) is 32.8 Å². The molecule has 130 valence electrons. The van der Waals surface area contributed by atoms with Crippen molar-refractivity contribution in [2.45, 2.75) is 27.3 Å². The van der Waals surface area contributed by atoms with Gasteiger partial charge in [-0.15, -0.1) is 0 Å². The molecule has 0 aliphatic heterocycles. The van der Waals surface area contributed by atoms with Gasteiger partial charge in [-0.3, -0.25) is 9.48 Å². The van der Waals surface area contributed by atoms with Gasteiger partial charge in [0.25, 0.3) is 0 Å². The third kappa shape index (κ3) is 3.69. The molecule has 0 radical (unpaired) electrons. The van der Waals surface area contributed by atoms with Crippen LogP contribution in [0.15, 0.2) is 40.9 Å². The maximum Gasteiger partial charge on any atom is 0.327 e. The molecule has 0 aliphatic rings. The summed E-state index contributed by atoms with van der Waals surface area (Å²) in [6, 6.07) is 12.3. The van der Waals surface area contributed by atoms with Gasteiger partial charge in [0.2, 0.25) is 0 Å². The monoisotopic (exact) mass is 401 g/mol. The van der Waals surface area contributed by atoms with E-state index in [2.05, 4.69) is 51.1 Å². The molecule has 0 unspecified atom stereocenters. The van der Waals surface area contributed by atoms with Crippen molar-refractivity contribution in [3.8, 4) is 22.6 Å². The first kappa shape index (κ1) is 17.5. The first-order valence-corrected chi connectivity index (χ1v) is 8.94.